The standard InChI is InChI=1S/C18H28N2/c1-7-8-15-10-9-14(4)16(11-15)18(19)17(13(2)3)12-20(5)6/h9-12,18H,2,7-8,19H2,1,3-6H3/b17-12+. The second-order valence-electron chi connectivity index (χ2n) is 5.75. The van der Waals surface area contributed by atoms with Crippen LogP contribution in [-0.4, -0.2) is 19.0 Å². The molecule has 0 saturated heterocycles. The Bertz CT molecular complexity index is 498. The first-order valence-electron chi connectivity index (χ1n) is 7.25. The largest absolute Gasteiger partial charge is 0.383 e. The van der Waals surface area contributed by atoms with Gasteiger partial charge in [-0.2, -0.15) is 0 Å². The van der Waals surface area contributed by atoms with Crippen LogP contribution in [0.15, 0.2) is 42.1 Å². The van der Waals surface area contributed by atoms with Crippen molar-refractivity contribution in [3.05, 3.63) is 58.8 Å². The molecule has 2 heteroatoms. The highest BCUT2D eigenvalue weighted by Crippen LogP contribution is 2.28. The number of rotatable bonds is 6. The summed E-state index contributed by atoms with van der Waals surface area (Å²) in [7, 11) is 4.02. The summed E-state index contributed by atoms with van der Waals surface area (Å²) < 4.78 is 0. The van der Waals surface area contributed by atoms with Gasteiger partial charge in [0.25, 0.3) is 0 Å². The van der Waals surface area contributed by atoms with Crippen molar-refractivity contribution in [1.29, 1.82) is 0 Å². The van der Waals surface area contributed by atoms with Crippen molar-refractivity contribution in [2.45, 2.75) is 39.7 Å². The van der Waals surface area contributed by atoms with Crippen LogP contribution in [0.1, 0.15) is 43.0 Å². The lowest BCUT2D eigenvalue weighted by Crippen LogP contribution is -2.18. The molecular formula is C18H28N2. The van der Waals surface area contributed by atoms with Gasteiger partial charge in [-0.25, -0.2) is 0 Å². The minimum Gasteiger partial charge on any atom is -0.383 e. The van der Waals surface area contributed by atoms with E-state index in [4.69, 9.17) is 5.73 Å². The molecule has 0 aliphatic heterocycles. The lowest BCUT2D eigenvalue weighted by atomic mass is 9.90. The van der Waals surface area contributed by atoms with E-state index < -0.39 is 0 Å². The van der Waals surface area contributed by atoms with Gasteiger partial charge in [-0.3, -0.25) is 0 Å². The minimum absolute atomic E-state index is 0.119. The molecule has 0 aromatic heterocycles. The Labute approximate surface area is 124 Å². The highest BCUT2D eigenvalue weighted by atomic mass is 15.0. The molecule has 2 N–H and O–H groups in total. The van der Waals surface area contributed by atoms with Crippen molar-refractivity contribution in [3.63, 3.8) is 0 Å². The molecule has 20 heavy (non-hydrogen) atoms. The fraction of sp³-hybridized carbons (Fsp3) is 0.444. The zero-order chi connectivity index (χ0) is 15.3. The first kappa shape index (κ1) is 16.5. The van der Waals surface area contributed by atoms with E-state index in [0.717, 1.165) is 24.0 Å². The summed E-state index contributed by atoms with van der Waals surface area (Å²) in [6.45, 7) is 10.4. The topological polar surface area (TPSA) is 29.3 Å². The van der Waals surface area contributed by atoms with Crippen molar-refractivity contribution in [1.82, 2.24) is 4.90 Å². The molecule has 0 aliphatic carbocycles. The van der Waals surface area contributed by atoms with Crippen LogP contribution in [0.3, 0.4) is 0 Å². The minimum atomic E-state index is -0.119. The SMILES string of the molecule is C=C(C)/C(=C\N(C)C)C(N)c1cc(CCC)ccc1C. The summed E-state index contributed by atoms with van der Waals surface area (Å²) in [6.07, 6.45) is 4.32. The quantitative estimate of drug-likeness (QED) is 0.794. The first-order valence-corrected chi connectivity index (χ1v) is 7.25. The number of hydrogen-bond acceptors (Lipinski definition) is 2. The van der Waals surface area contributed by atoms with Crippen molar-refractivity contribution >= 4 is 0 Å². The molecule has 1 atom stereocenters. The number of nitrogens with two attached hydrogens (primary N) is 1. The van der Waals surface area contributed by atoms with E-state index in [9.17, 15) is 0 Å². The number of benzene rings is 1. The van der Waals surface area contributed by atoms with Gasteiger partial charge in [0.05, 0.1) is 6.04 Å². The van der Waals surface area contributed by atoms with Crippen LogP contribution in [0.25, 0.3) is 0 Å². The van der Waals surface area contributed by atoms with Gasteiger partial charge in [-0.15, -0.1) is 0 Å². The third-order valence-electron chi connectivity index (χ3n) is 3.44. The molecular weight excluding hydrogens is 244 g/mol. The Hall–Kier alpha value is -1.54. The Morgan fingerprint density at radius 1 is 1.40 bits per heavy atom. The van der Waals surface area contributed by atoms with Crippen molar-refractivity contribution in [2.75, 3.05) is 14.1 Å². The van der Waals surface area contributed by atoms with E-state index in [0.29, 0.717) is 0 Å². The molecule has 1 rings (SSSR count). The molecule has 110 valence electrons. The molecule has 1 aromatic rings. The maximum Gasteiger partial charge on any atom is 0.0571 e. The molecule has 0 amide bonds. The summed E-state index contributed by atoms with van der Waals surface area (Å²) in [5.41, 5.74) is 12.4. The van der Waals surface area contributed by atoms with Gasteiger partial charge >= 0.3 is 0 Å². The molecule has 0 bridgehead atoms. The van der Waals surface area contributed by atoms with Gasteiger partial charge in [0.2, 0.25) is 0 Å². The summed E-state index contributed by atoms with van der Waals surface area (Å²) >= 11 is 0. The Morgan fingerprint density at radius 3 is 2.55 bits per heavy atom. The molecule has 0 heterocycles. The van der Waals surface area contributed by atoms with Crippen LogP contribution in [0.4, 0.5) is 0 Å². The summed E-state index contributed by atoms with van der Waals surface area (Å²) in [5, 5.41) is 0. The van der Waals surface area contributed by atoms with Gasteiger partial charge in [0.15, 0.2) is 0 Å². The van der Waals surface area contributed by atoms with Crippen molar-refractivity contribution in [2.24, 2.45) is 5.73 Å². The van der Waals surface area contributed by atoms with Crippen LogP contribution in [0.5, 0.6) is 0 Å². The van der Waals surface area contributed by atoms with E-state index in [2.05, 4.69) is 44.8 Å². The average Bonchev–Trinajstić information content (AvgIpc) is 2.37. The van der Waals surface area contributed by atoms with Crippen LogP contribution in [-0.2, 0) is 6.42 Å². The number of aryl methyl sites for hydroxylation is 2. The Balaban J connectivity index is 3.20. The average molecular weight is 272 g/mol. The Kier molecular flexibility index (Phi) is 6.03. The van der Waals surface area contributed by atoms with Crippen LogP contribution >= 0.6 is 0 Å². The highest BCUT2D eigenvalue weighted by Gasteiger charge is 2.15. The predicted octanol–water partition coefficient (Wildman–Crippen LogP) is 3.97. The second-order valence-corrected chi connectivity index (χ2v) is 5.75. The van der Waals surface area contributed by atoms with E-state index >= 15 is 0 Å². The second kappa shape index (κ2) is 7.30. The highest BCUT2D eigenvalue weighted by molar-refractivity contribution is 5.42. The fourth-order valence-corrected chi connectivity index (χ4v) is 2.37. The molecule has 0 aliphatic rings. The zero-order valence-corrected chi connectivity index (χ0v) is 13.5. The van der Waals surface area contributed by atoms with Gasteiger partial charge in [0, 0.05) is 20.3 Å². The number of nitrogens with zero attached hydrogens (tertiary/aromatic N) is 1. The monoisotopic (exact) mass is 272 g/mol. The molecule has 1 unspecified atom stereocenters. The molecule has 0 fully saturated rings. The van der Waals surface area contributed by atoms with Gasteiger partial charge in [-0.1, -0.05) is 43.7 Å². The lowest BCUT2D eigenvalue weighted by molar-refractivity contribution is 0.552. The molecule has 0 saturated carbocycles. The zero-order valence-electron chi connectivity index (χ0n) is 13.5. The fourth-order valence-electron chi connectivity index (χ4n) is 2.37. The molecule has 2 nitrogen and oxygen atoms in total. The summed E-state index contributed by atoms with van der Waals surface area (Å²) in [4.78, 5) is 2.02. The molecule has 1 aromatic carbocycles. The number of hydrogen-bond donors (Lipinski definition) is 1. The van der Waals surface area contributed by atoms with E-state index in [1.807, 2.05) is 25.9 Å². The van der Waals surface area contributed by atoms with E-state index in [1.165, 1.54) is 16.7 Å². The van der Waals surface area contributed by atoms with Crippen LogP contribution in [0, 0.1) is 6.92 Å². The van der Waals surface area contributed by atoms with Gasteiger partial charge in [-0.05, 0) is 42.5 Å². The maximum atomic E-state index is 6.50. The van der Waals surface area contributed by atoms with Crippen molar-refractivity contribution in [3.8, 4) is 0 Å². The van der Waals surface area contributed by atoms with Crippen LogP contribution < -0.4 is 5.73 Å². The predicted molar refractivity (Wildman–Crippen MR) is 88.7 cm³/mol. The smallest absolute Gasteiger partial charge is 0.0571 e. The maximum absolute atomic E-state index is 6.50. The third-order valence-corrected chi connectivity index (χ3v) is 3.44. The van der Waals surface area contributed by atoms with Gasteiger partial charge < -0.3 is 10.6 Å². The third kappa shape index (κ3) is 4.24. The molecule has 0 spiro atoms. The molecule has 0 radical (unpaired) electrons. The lowest BCUT2D eigenvalue weighted by Gasteiger charge is -2.21. The van der Waals surface area contributed by atoms with E-state index in [1.54, 1.807) is 0 Å². The normalized spacial score (nSPS) is 13.2. The van der Waals surface area contributed by atoms with E-state index in [-0.39, 0.29) is 6.04 Å². The first-order chi connectivity index (χ1) is 9.36. The van der Waals surface area contributed by atoms with Crippen molar-refractivity contribution < 1.29 is 0 Å². The summed E-state index contributed by atoms with van der Waals surface area (Å²) in [6, 6.07) is 6.50. The van der Waals surface area contributed by atoms with Crippen LogP contribution in [0.2, 0.25) is 0 Å². The summed E-state index contributed by atoms with van der Waals surface area (Å²) in [5.74, 6) is 0. The Morgan fingerprint density at radius 2 is 2.05 bits per heavy atom. The van der Waals surface area contributed by atoms with Gasteiger partial charge in [0.1, 0.15) is 0 Å².